The minimum atomic E-state index is -0.933. The molecule has 0 N–H and O–H groups in total. The number of carbonyl (C=O) groups is 2. The number of benzene rings is 1. The Morgan fingerprint density at radius 2 is 1.75 bits per heavy atom. The van der Waals surface area contributed by atoms with Gasteiger partial charge in [-0.3, -0.25) is 4.79 Å². The van der Waals surface area contributed by atoms with E-state index < -0.39 is 29.6 Å². The van der Waals surface area contributed by atoms with Gasteiger partial charge in [-0.25, -0.2) is 4.79 Å². The van der Waals surface area contributed by atoms with Crippen molar-refractivity contribution >= 4 is 11.9 Å². The number of carbonyl (C=O) groups excluding carboxylic acids is 2. The van der Waals surface area contributed by atoms with E-state index in [4.69, 9.17) is 14.2 Å². The zero-order chi connectivity index (χ0) is 14.8. The summed E-state index contributed by atoms with van der Waals surface area (Å²) in [6.45, 7) is 1.86. The third-order valence-corrected chi connectivity index (χ3v) is 3.68. The molecule has 1 heterocycles. The van der Waals surface area contributed by atoms with Crippen molar-refractivity contribution < 1.29 is 23.8 Å². The standard InChI is InChI=1S/C15H18O5/c1-15(10-7-5-4-6-8-10)9-11(13(16)18-2)12(20-15)14(17)19-3/h4-8,11-12H,9H2,1-3H3/t11?,12-,15?/m1/s1. The van der Waals surface area contributed by atoms with Gasteiger partial charge >= 0.3 is 11.9 Å². The summed E-state index contributed by atoms with van der Waals surface area (Å²) in [5.74, 6) is -1.67. The Hall–Kier alpha value is -1.88. The molecule has 0 saturated carbocycles. The Balaban J connectivity index is 2.32. The van der Waals surface area contributed by atoms with E-state index in [2.05, 4.69) is 0 Å². The van der Waals surface area contributed by atoms with Crippen LogP contribution in [0.5, 0.6) is 0 Å². The first-order valence-electron chi connectivity index (χ1n) is 6.41. The highest BCUT2D eigenvalue weighted by Crippen LogP contribution is 2.43. The van der Waals surface area contributed by atoms with Crippen molar-refractivity contribution in [2.75, 3.05) is 14.2 Å². The van der Waals surface area contributed by atoms with Crippen LogP contribution in [0.25, 0.3) is 0 Å². The maximum atomic E-state index is 11.9. The van der Waals surface area contributed by atoms with Crippen LogP contribution in [0.2, 0.25) is 0 Å². The Bertz CT molecular complexity index is 472. The average molecular weight is 278 g/mol. The van der Waals surface area contributed by atoms with Crippen LogP contribution >= 0.6 is 0 Å². The molecule has 3 atom stereocenters. The van der Waals surface area contributed by atoms with E-state index in [1.165, 1.54) is 14.2 Å². The van der Waals surface area contributed by atoms with Gasteiger partial charge in [-0.2, -0.15) is 0 Å². The maximum Gasteiger partial charge on any atom is 0.335 e. The minimum Gasteiger partial charge on any atom is -0.469 e. The van der Waals surface area contributed by atoms with E-state index in [9.17, 15) is 9.59 Å². The van der Waals surface area contributed by atoms with Gasteiger partial charge in [-0.1, -0.05) is 30.3 Å². The van der Waals surface area contributed by atoms with E-state index in [1.807, 2.05) is 37.3 Å². The lowest BCUT2D eigenvalue weighted by Gasteiger charge is -2.24. The van der Waals surface area contributed by atoms with Crippen LogP contribution in [0.3, 0.4) is 0 Å². The van der Waals surface area contributed by atoms with Gasteiger partial charge in [0, 0.05) is 0 Å². The first-order valence-corrected chi connectivity index (χ1v) is 6.41. The Kier molecular flexibility index (Phi) is 4.09. The summed E-state index contributed by atoms with van der Waals surface area (Å²) < 4.78 is 15.3. The summed E-state index contributed by atoms with van der Waals surface area (Å²) >= 11 is 0. The molecule has 1 aromatic carbocycles. The molecular formula is C15H18O5. The second-order valence-corrected chi connectivity index (χ2v) is 4.99. The van der Waals surface area contributed by atoms with E-state index in [1.54, 1.807) is 0 Å². The predicted molar refractivity (Wildman–Crippen MR) is 70.8 cm³/mol. The van der Waals surface area contributed by atoms with Gasteiger partial charge in [0.15, 0.2) is 6.10 Å². The Morgan fingerprint density at radius 1 is 1.15 bits per heavy atom. The molecule has 0 amide bonds. The fraction of sp³-hybridized carbons (Fsp3) is 0.467. The van der Waals surface area contributed by atoms with Gasteiger partial charge < -0.3 is 14.2 Å². The third kappa shape index (κ3) is 2.54. The number of esters is 2. The van der Waals surface area contributed by atoms with Crippen molar-refractivity contribution in [2.45, 2.75) is 25.0 Å². The minimum absolute atomic E-state index is 0.378. The van der Waals surface area contributed by atoms with Crippen LogP contribution in [0.1, 0.15) is 18.9 Å². The number of methoxy groups -OCH3 is 2. The van der Waals surface area contributed by atoms with E-state index in [0.29, 0.717) is 6.42 Å². The van der Waals surface area contributed by atoms with Crippen LogP contribution in [-0.2, 0) is 29.4 Å². The van der Waals surface area contributed by atoms with Crippen LogP contribution in [0.15, 0.2) is 30.3 Å². The lowest BCUT2D eigenvalue weighted by molar-refractivity contribution is -0.165. The van der Waals surface area contributed by atoms with Crippen molar-refractivity contribution in [3.8, 4) is 0 Å². The maximum absolute atomic E-state index is 11.9. The predicted octanol–water partition coefficient (Wildman–Crippen LogP) is 1.65. The molecule has 108 valence electrons. The molecule has 0 spiro atoms. The molecule has 1 aromatic rings. The third-order valence-electron chi connectivity index (χ3n) is 3.68. The monoisotopic (exact) mass is 278 g/mol. The first kappa shape index (κ1) is 14.5. The highest BCUT2D eigenvalue weighted by molar-refractivity contribution is 5.84. The molecule has 2 unspecified atom stereocenters. The van der Waals surface area contributed by atoms with Crippen LogP contribution in [-0.4, -0.2) is 32.3 Å². The Morgan fingerprint density at radius 3 is 2.30 bits per heavy atom. The number of hydrogen-bond donors (Lipinski definition) is 0. The molecule has 5 nitrogen and oxygen atoms in total. The van der Waals surface area contributed by atoms with Gasteiger partial charge in [0.05, 0.1) is 25.7 Å². The smallest absolute Gasteiger partial charge is 0.335 e. The summed E-state index contributed by atoms with van der Waals surface area (Å²) in [6.07, 6.45) is -0.554. The largest absolute Gasteiger partial charge is 0.469 e. The number of hydrogen-bond acceptors (Lipinski definition) is 5. The topological polar surface area (TPSA) is 61.8 Å². The van der Waals surface area contributed by atoms with E-state index >= 15 is 0 Å². The zero-order valence-electron chi connectivity index (χ0n) is 11.8. The molecule has 0 bridgehead atoms. The number of ether oxygens (including phenoxy) is 3. The molecule has 0 aromatic heterocycles. The molecule has 2 rings (SSSR count). The summed E-state index contributed by atoms with van der Waals surface area (Å²) in [4.78, 5) is 23.7. The fourth-order valence-corrected chi connectivity index (χ4v) is 2.60. The van der Waals surface area contributed by atoms with Gasteiger partial charge in [0.25, 0.3) is 0 Å². The molecule has 1 aliphatic heterocycles. The Labute approximate surface area is 117 Å². The SMILES string of the molecule is COC(=O)C1CC(C)(c2ccccc2)O[C@H]1C(=O)OC. The molecule has 20 heavy (non-hydrogen) atoms. The average Bonchev–Trinajstić information content (AvgIpc) is 2.86. The summed E-state index contributed by atoms with van der Waals surface area (Å²) in [5.41, 5.74) is 0.208. The van der Waals surface area contributed by atoms with Gasteiger partial charge in [0.2, 0.25) is 0 Å². The summed E-state index contributed by atoms with van der Waals surface area (Å²) in [7, 11) is 2.58. The molecule has 1 aliphatic rings. The molecule has 0 radical (unpaired) electrons. The summed E-state index contributed by atoms with van der Waals surface area (Å²) in [5, 5.41) is 0. The van der Waals surface area contributed by atoms with Crippen molar-refractivity contribution in [2.24, 2.45) is 5.92 Å². The van der Waals surface area contributed by atoms with Crippen molar-refractivity contribution in [1.29, 1.82) is 0 Å². The molecular weight excluding hydrogens is 260 g/mol. The second kappa shape index (κ2) is 5.63. The second-order valence-electron chi connectivity index (χ2n) is 4.99. The van der Waals surface area contributed by atoms with Crippen LogP contribution < -0.4 is 0 Å². The zero-order valence-corrected chi connectivity index (χ0v) is 11.8. The van der Waals surface area contributed by atoms with E-state index in [-0.39, 0.29) is 0 Å². The number of rotatable bonds is 3. The highest BCUT2D eigenvalue weighted by Gasteiger charge is 2.51. The molecule has 1 fully saturated rings. The lowest BCUT2D eigenvalue weighted by Crippen LogP contribution is -2.33. The van der Waals surface area contributed by atoms with E-state index in [0.717, 1.165) is 5.56 Å². The first-order chi connectivity index (χ1) is 9.51. The lowest BCUT2D eigenvalue weighted by atomic mass is 9.87. The molecule has 0 aliphatic carbocycles. The van der Waals surface area contributed by atoms with Crippen LogP contribution in [0.4, 0.5) is 0 Å². The molecule has 5 heteroatoms. The van der Waals surface area contributed by atoms with Crippen molar-refractivity contribution in [3.63, 3.8) is 0 Å². The van der Waals surface area contributed by atoms with Gasteiger partial charge in [0.1, 0.15) is 0 Å². The van der Waals surface area contributed by atoms with Crippen LogP contribution in [0, 0.1) is 5.92 Å². The summed E-state index contributed by atoms with van der Waals surface area (Å²) in [6, 6.07) is 9.50. The van der Waals surface area contributed by atoms with Gasteiger partial charge in [-0.15, -0.1) is 0 Å². The normalized spacial score (nSPS) is 28.9. The quantitative estimate of drug-likeness (QED) is 0.787. The van der Waals surface area contributed by atoms with Crippen molar-refractivity contribution in [3.05, 3.63) is 35.9 Å². The molecule has 1 saturated heterocycles. The van der Waals surface area contributed by atoms with Crippen molar-refractivity contribution in [1.82, 2.24) is 0 Å². The highest BCUT2D eigenvalue weighted by atomic mass is 16.6. The fourth-order valence-electron chi connectivity index (χ4n) is 2.60. The van der Waals surface area contributed by atoms with Gasteiger partial charge in [-0.05, 0) is 18.9 Å².